The molecule has 0 radical (unpaired) electrons. The second-order valence-corrected chi connectivity index (χ2v) is 4.25. The summed E-state index contributed by atoms with van der Waals surface area (Å²) >= 11 is 4.41. The summed E-state index contributed by atoms with van der Waals surface area (Å²) in [5.41, 5.74) is 2.41. The Labute approximate surface area is 80.2 Å². The van der Waals surface area contributed by atoms with Crippen LogP contribution in [-0.4, -0.2) is 17.6 Å². The monoisotopic (exact) mass is 182 g/mol. The summed E-state index contributed by atoms with van der Waals surface area (Å²) in [5, 5.41) is 4.67. The summed E-state index contributed by atoms with van der Waals surface area (Å²) in [4.78, 5) is 0. The first kappa shape index (κ1) is 9.71. The van der Waals surface area contributed by atoms with Gasteiger partial charge in [0, 0.05) is 24.1 Å². The quantitative estimate of drug-likeness (QED) is 0.535. The van der Waals surface area contributed by atoms with Crippen molar-refractivity contribution in [3.63, 3.8) is 0 Å². The molecular formula is C8H15BN2S. The van der Waals surface area contributed by atoms with Gasteiger partial charge in [-0.05, 0) is 12.7 Å². The molecule has 1 heterocycles. The summed E-state index contributed by atoms with van der Waals surface area (Å²) in [7, 11) is 4.10. The highest BCUT2D eigenvalue weighted by atomic mass is 32.1. The molecule has 0 amide bonds. The Bertz CT molecular complexity index is 243. The average Bonchev–Trinajstić information content (AvgIpc) is 2.31. The number of nitrogens with zero attached hydrogens (tertiary/aromatic N) is 2. The van der Waals surface area contributed by atoms with Crippen molar-refractivity contribution in [3.05, 3.63) is 17.5 Å². The van der Waals surface area contributed by atoms with Crippen molar-refractivity contribution in [3.8, 4) is 0 Å². The average molecular weight is 182 g/mol. The van der Waals surface area contributed by atoms with Crippen molar-refractivity contribution in [2.75, 3.05) is 0 Å². The maximum Gasteiger partial charge on any atom is 0.112 e. The third-order valence-electron chi connectivity index (χ3n) is 1.88. The second-order valence-electron chi connectivity index (χ2n) is 3.47. The normalized spacial score (nSPS) is 16.0. The summed E-state index contributed by atoms with van der Waals surface area (Å²) in [5.74, 6) is 0.482. The van der Waals surface area contributed by atoms with Crippen LogP contribution in [0.1, 0.15) is 36.2 Å². The molecule has 1 rings (SSSR count). The molecule has 2 unspecified atom stereocenters. The molecule has 66 valence electrons. The van der Waals surface area contributed by atoms with E-state index in [0.29, 0.717) is 5.82 Å². The van der Waals surface area contributed by atoms with E-state index in [4.69, 9.17) is 0 Å². The van der Waals surface area contributed by atoms with E-state index in [-0.39, 0.29) is 5.25 Å². The Kier molecular flexibility index (Phi) is 2.88. The molecule has 2 nitrogen and oxygen atoms in total. The molecule has 0 saturated carbocycles. The van der Waals surface area contributed by atoms with E-state index in [0.717, 1.165) is 0 Å². The van der Waals surface area contributed by atoms with Crippen LogP contribution in [0.15, 0.2) is 6.20 Å². The summed E-state index contributed by atoms with van der Waals surface area (Å²) in [6, 6.07) is 0. The van der Waals surface area contributed by atoms with E-state index in [9.17, 15) is 0 Å². The zero-order valence-corrected chi connectivity index (χ0v) is 8.97. The van der Waals surface area contributed by atoms with E-state index in [1.807, 2.05) is 17.9 Å². The molecule has 0 aromatic carbocycles. The van der Waals surface area contributed by atoms with Crippen LogP contribution in [0.5, 0.6) is 0 Å². The first-order chi connectivity index (χ1) is 5.52. The van der Waals surface area contributed by atoms with Gasteiger partial charge in [-0.3, -0.25) is 4.68 Å². The minimum Gasteiger partial charge on any atom is -0.275 e. The molecule has 0 N–H and O–H groups in total. The predicted octanol–water partition coefficient (Wildman–Crippen LogP) is 1.10. The largest absolute Gasteiger partial charge is 0.275 e. The van der Waals surface area contributed by atoms with Crippen molar-refractivity contribution in [2.24, 2.45) is 7.05 Å². The van der Waals surface area contributed by atoms with E-state index in [2.05, 4.69) is 39.4 Å². The highest BCUT2D eigenvalue weighted by molar-refractivity contribution is 7.80. The zero-order valence-electron chi connectivity index (χ0n) is 8.07. The summed E-state index contributed by atoms with van der Waals surface area (Å²) in [6.07, 6.45) is 2.05. The Morgan fingerprint density at radius 3 is 2.50 bits per heavy atom. The second kappa shape index (κ2) is 3.56. The van der Waals surface area contributed by atoms with Gasteiger partial charge in [-0.15, -0.1) is 0 Å². The molecular weight excluding hydrogens is 167 g/mol. The van der Waals surface area contributed by atoms with Crippen molar-refractivity contribution < 1.29 is 0 Å². The van der Waals surface area contributed by atoms with Gasteiger partial charge in [0.15, 0.2) is 0 Å². The van der Waals surface area contributed by atoms with Crippen LogP contribution in [0.4, 0.5) is 0 Å². The number of hydrogen-bond acceptors (Lipinski definition) is 2. The van der Waals surface area contributed by atoms with Gasteiger partial charge in [0.25, 0.3) is 0 Å². The maximum absolute atomic E-state index is 4.41. The van der Waals surface area contributed by atoms with Crippen molar-refractivity contribution in [1.29, 1.82) is 0 Å². The van der Waals surface area contributed by atoms with Gasteiger partial charge in [0.1, 0.15) is 7.85 Å². The van der Waals surface area contributed by atoms with Gasteiger partial charge in [0.2, 0.25) is 0 Å². The Hall–Kier alpha value is -0.375. The van der Waals surface area contributed by atoms with Crippen LogP contribution in [0, 0.1) is 0 Å². The number of thiol groups is 1. The lowest BCUT2D eigenvalue weighted by atomic mass is 9.84. The number of aryl methyl sites for hydroxylation is 1. The molecule has 12 heavy (non-hydrogen) atoms. The van der Waals surface area contributed by atoms with E-state index in [1.165, 1.54) is 11.3 Å². The lowest BCUT2D eigenvalue weighted by Crippen LogP contribution is -1.98. The van der Waals surface area contributed by atoms with E-state index in [1.54, 1.807) is 0 Å². The van der Waals surface area contributed by atoms with Crippen molar-refractivity contribution in [1.82, 2.24) is 9.78 Å². The van der Waals surface area contributed by atoms with Crippen LogP contribution in [0.25, 0.3) is 0 Å². The Morgan fingerprint density at radius 1 is 1.58 bits per heavy atom. The van der Waals surface area contributed by atoms with Gasteiger partial charge < -0.3 is 0 Å². The predicted molar refractivity (Wildman–Crippen MR) is 57.6 cm³/mol. The lowest BCUT2D eigenvalue weighted by molar-refractivity contribution is 0.742. The third kappa shape index (κ3) is 1.86. The van der Waals surface area contributed by atoms with Crippen LogP contribution < -0.4 is 0 Å². The first-order valence-corrected chi connectivity index (χ1v) is 4.75. The van der Waals surface area contributed by atoms with Gasteiger partial charge in [-0.1, -0.05) is 6.92 Å². The lowest BCUT2D eigenvalue weighted by Gasteiger charge is -2.06. The Morgan fingerprint density at radius 2 is 2.17 bits per heavy atom. The van der Waals surface area contributed by atoms with Gasteiger partial charge in [-0.25, -0.2) is 0 Å². The number of aromatic nitrogens is 2. The van der Waals surface area contributed by atoms with Gasteiger partial charge >= 0.3 is 0 Å². The molecule has 0 spiro atoms. The molecule has 0 fully saturated rings. The fourth-order valence-corrected chi connectivity index (χ4v) is 1.49. The molecule has 1 aromatic rings. The van der Waals surface area contributed by atoms with Gasteiger partial charge in [-0.2, -0.15) is 17.7 Å². The minimum absolute atomic E-state index is 0.274. The summed E-state index contributed by atoms with van der Waals surface area (Å²) < 4.78 is 1.86. The minimum atomic E-state index is 0.274. The smallest absolute Gasteiger partial charge is 0.112 e. The molecule has 4 heteroatoms. The van der Waals surface area contributed by atoms with Crippen LogP contribution in [0.3, 0.4) is 0 Å². The fourth-order valence-electron chi connectivity index (χ4n) is 1.29. The third-order valence-corrected chi connectivity index (χ3v) is 2.16. The number of hydrogen-bond donors (Lipinski definition) is 1. The topological polar surface area (TPSA) is 17.8 Å². The molecule has 2 atom stereocenters. The maximum atomic E-state index is 4.41. The fraction of sp³-hybridized carbons (Fsp3) is 0.625. The highest BCUT2D eigenvalue weighted by Gasteiger charge is 2.13. The molecule has 0 saturated heterocycles. The molecule has 1 aromatic heterocycles. The molecule has 0 aliphatic carbocycles. The first-order valence-electron chi connectivity index (χ1n) is 4.24. The van der Waals surface area contributed by atoms with Crippen molar-refractivity contribution >= 4 is 20.5 Å². The SMILES string of the molecule is BC(C)c1nn(C)cc1C(C)S. The van der Waals surface area contributed by atoms with Gasteiger partial charge in [0.05, 0.1) is 5.69 Å². The number of rotatable bonds is 2. The molecule has 0 aliphatic heterocycles. The summed E-state index contributed by atoms with van der Waals surface area (Å²) in [6.45, 7) is 4.23. The van der Waals surface area contributed by atoms with E-state index < -0.39 is 0 Å². The van der Waals surface area contributed by atoms with Crippen LogP contribution in [0.2, 0.25) is 0 Å². The van der Waals surface area contributed by atoms with Crippen LogP contribution in [-0.2, 0) is 7.05 Å². The van der Waals surface area contributed by atoms with Crippen LogP contribution >= 0.6 is 12.6 Å². The standard InChI is InChI=1S/C8H15BN2S/c1-5(9)8-7(6(2)12)4-11(3)10-8/h4-6,12H,9H2,1-3H3. The molecule has 0 aliphatic rings. The molecule has 0 bridgehead atoms. The van der Waals surface area contributed by atoms with E-state index >= 15 is 0 Å². The highest BCUT2D eigenvalue weighted by Crippen LogP contribution is 2.25. The Balaban J connectivity index is 3.08. The zero-order chi connectivity index (χ0) is 9.30. The van der Waals surface area contributed by atoms with Crippen molar-refractivity contribution in [2.45, 2.75) is 24.9 Å².